The van der Waals surface area contributed by atoms with Gasteiger partial charge >= 0.3 is 11.9 Å². The monoisotopic (exact) mass is 536 g/mol. The van der Waals surface area contributed by atoms with Crippen LogP contribution >= 0.6 is 15.9 Å². The lowest BCUT2D eigenvalue weighted by Crippen LogP contribution is -2.58. The number of H-pyrrole nitrogens is 1. The van der Waals surface area contributed by atoms with Crippen molar-refractivity contribution in [1.29, 1.82) is 0 Å². The number of allylic oxidation sites excluding steroid dienone is 2. The summed E-state index contributed by atoms with van der Waals surface area (Å²) in [6, 6.07) is 12.2. The van der Waals surface area contributed by atoms with Gasteiger partial charge < -0.3 is 24.5 Å². The van der Waals surface area contributed by atoms with Crippen LogP contribution in [0, 0.1) is 0 Å². The fourth-order valence-electron chi connectivity index (χ4n) is 4.99. The van der Waals surface area contributed by atoms with Gasteiger partial charge in [0.25, 0.3) is 0 Å². The lowest BCUT2D eigenvalue weighted by molar-refractivity contribution is -0.156. The Kier molecular flexibility index (Phi) is 5.52. The van der Waals surface area contributed by atoms with Crippen LogP contribution < -0.4 is 0 Å². The Morgan fingerprint density at radius 1 is 1.11 bits per heavy atom. The lowest BCUT2D eigenvalue weighted by atomic mass is 9.75. The number of rotatable bonds is 4. The van der Waals surface area contributed by atoms with E-state index >= 15 is 0 Å². The van der Waals surface area contributed by atoms with Crippen LogP contribution in [0.2, 0.25) is 0 Å². The van der Waals surface area contributed by atoms with Gasteiger partial charge in [-0.3, -0.25) is 4.79 Å². The number of esters is 2. The highest BCUT2D eigenvalue weighted by Crippen LogP contribution is 2.47. The summed E-state index contributed by atoms with van der Waals surface area (Å²) in [4.78, 5) is 45.1. The van der Waals surface area contributed by atoms with Crippen molar-refractivity contribution in [2.45, 2.75) is 12.0 Å². The molecule has 1 aromatic heterocycles. The largest absolute Gasteiger partial charge is 0.507 e. The summed E-state index contributed by atoms with van der Waals surface area (Å²) in [5.74, 6) is -2.17. The number of carbonyl (C=O) groups is 3. The first kappa shape index (κ1) is 22.9. The van der Waals surface area contributed by atoms with Gasteiger partial charge in [0.1, 0.15) is 5.75 Å². The van der Waals surface area contributed by atoms with Gasteiger partial charge in [-0.05, 0) is 42.3 Å². The number of nitrogens with one attached hydrogen (secondary N) is 1. The van der Waals surface area contributed by atoms with E-state index in [1.165, 1.54) is 32.4 Å². The molecule has 35 heavy (non-hydrogen) atoms. The van der Waals surface area contributed by atoms with E-state index in [9.17, 15) is 19.5 Å². The van der Waals surface area contributed by atoms with Crippen molar-refractivity contribution in [1.82, 2.24) is 9.88 Å². The molecule has 0 bridgehead atoms. The number of phenolic OH excluding ortho intramolecular Hbond substituents is 1. The number of ether oxygens (including phenoxy) is 2. The van der Waals surface area contributed by atoms with Crippen LogP contribution in [0.1, 0.15) is 21.6 Å². The smallest absolute Gasteiger partial charge is 0.343 e. The van der Waals surface area contributed by atoms with Gasteiger partial charge in [0.15, 0.2) is 5.78 Å². The Balaban J connectivity index is 1.76. The Hall–Kier alpha value is -3.85. The first-order valence-corrected chi connectivity index (χ1v) is 11.6. The van der Waals surface area contributed by atoms with Crippen LogP contribution in [0.15, 0.2) is 70.4 Å². The standard InChI is InChI=1S/C26H21BrN2O6/c1-34-24(32)19-11-14(22(31)18-12-15(27)7-8-21(18)30)13-29-10-9-17-16-5-3-4-6-20(16)28-23(17)26(19,29)25(33)35-2/h3-8,11-13,28,30H,9-10H2,1-2H3. The quantitative estimate of drug-likeness (QED) is 0.386. The van der Waals surface area contributed by atoms with E-state index in [0.717, 1.165) is 16.5 Å². The molecule has 2 aliphatic heterocycles. The highest BCUT2D eigenvalue weighted by molar-refractivity contribution is 9.10. The van der Waals surface area contributed by atoms with Crippen LogP contribution in [-0.2, 0) is 31.0 Å². The average Bonchev–Trinajstić information content (AvgIpc) is 3.27. The first-order valence-electron chi connectivity index (χ1n) is 10.8. The fourth-order valence-corrected chi connectivity index (χ4v) is 5.35. The number of benzene rings is 2. The first-order chi connectivity index (χ1) is 16.8. The van der Waals surface area contributed by atoms with Crippen LogP contribution in [0.25, 0.3) is 10.9 Å². The molecule has 2 N–H and O–H groups in total. The zero-order valence-electron chi connectivity index (χ0n) is 18.9. The van der Waals surface area contributed by atoms with Crippen molar-refractivity contribution in [3.05, 3.63) is 87.2 Å². The molecular formula is C26H21BrN2O6. The maximum absolute atomic E-state index is 13.5. The summed E-state index contributed by atoms with van der Waals surface area (Å²) < 4.78 is 10.9. The molecule has 5 rings (SSSR count). The molecule has 0 radical (unpaired) electrons. The van der Waals surface area contributed by atoms with E-state index in [0.29, 0.717) is 23.1 Å². The van der Waals surface area contributed by atoms with Gasteiger partial charge in [-0.15, -0.1) is 0 Å². The third-order valence-electron chi connectivity index (χ3n) is 6.55. The number of aromatic hydroxyl groups is 1. The topological polar surface area (TPSA) is 109 Å². The average molecular weight is 537 g/mol. The van der Waals surface area contributed by atoms with E-state index in [1.54, 1.807) is 17.2 Å². The Morgan fingerprint density at radius 3 is 2.63 bits per heavy atom. The molecule has 9 heteroatoms. The SMILES string of the molecule is COC(=O)C1=CC(C(=O)c2cc(Br)ccc2O)=CN2CCc3c([nH]c4ccccc34)C12C(=O)OC. The molecular weight excluding hydrogens is 516 g/mol. The zero-order chi connectivity index (χ0) is 24.9. The summed E-state index contributed by atoms with van der Waals surface area (Å²) in [6.07, 6.45) is 3.45. The molecule has 0 saturated carbocycles. The van der Waals surface area contributed by atoms with Gasteiger partial charge in [-0.2, -0.15) is 0 Å². The molecule has 1 unspecified atom stereocenters. The minimum Gasteiger partial charge on any atom is -0.507 e. The number of carbonyl (C=O) groups excluding carboxylic acids is 3. The predicted molar refractivity (Wildman–Crippen MR) is 131 cm³/mol. The molecule has 3 aromatic rings. The Labute approximate surface area is 209 Å². The maximum atomic E-state index is 13.5. The van der Waals surface area contributed by atoms with E-state index in [1.807, 2.05) is 24.3 Å². The summed E-state index contributed by atoms with van der Waals surface area (Å²) in [5.41, 5.74) is 0.665. The van der Waals surface area contributed by atoms with Gasteiger partial charge in [0.05, 0.1) is 31.1 Å². The minimum absolute atomic E-state index is 0.0555. The van der Waals surface area contributed by atoms with Gasteiger partial charge in [0, 0.05) is 33.7 Å². The summed E-state index contributed by atoms with van der Waals surface area (Å²) >= 11 is 3.31. The number of phenols is 1. The molecule has 0 amide bonds. The number of methoxy groups -OCH3 is 2. The van der Waals surface area contributed by atoms with Gasteiger partial charge in [0.2, 0.25) is 5.54 Å². The molecule has 1 atom stereocenters. The second-order valence-corrected chi connectivity index (χ2v) is 9.21. The highest BCUT2D eigenvalue weighted by atomic mass is 79.9. The zero-order valence-corrected chi connectivity index (χ0v) is 20.5. The van der Waals surface area contributed by atoms with Gasteiger partial charge in [-0.25, -0.2) is 9.59 Å². The summed E-state index contributed by atoms with van der Waals surface area (Å²) in [6.45, 7) is 0.333. The maximum Gasteiger partial charge on any atom is 0.343 e. The minimum atomic E-state index is -1.67. The molecule has 2 aliphatic rings. The third kappa shape index (κ3) is 3.30. The van der Waals surface area contributed by atoms with Gasteiger partial charge in [-0.1, -0.05) is 34.1 Å². The second-order valence-electron chi connectivity index (χ2n) is 8.29. The Morgan fingerprint density at radius 2 is 1.89 bits per heavy atom. The number of aromatic nitrogens is 1. The number of ketones is 1. The van der Waals surface area contributed by atoms with Crippen LogP contribution in [0.5, 0.6) is 5.75 Å². The van der Waals surface area contributed by atoms with E-state index in [4.69, 9.17) is 9.47 Å². The van der Waals surface area contributed by atoms with Crippen molar-refractivity contribution in [3.8, 4) is 5.75 Å². The van der Waals surface area contributed by atoms with Crippen molar-refractivity contribution in [2.75, 3.05) is 20.8 Å². The Bertz CT molecular complexity index is 1470. The number of fused-ring (bicyclic) bond motifs is 5. The summed E-state index contributed by atoms with van der Waals surface area (Å²) in [5, 5.41) is 11.2. The van der Waals surface area contributed by atoms with Crippen LogP contribution in [0.4, 0.5) is 0 Å². The number of hydrogen-bond donors (Lipinski definition) is 2. The van der Waals surface area contributed by atoms with Crippen molar-refractivity contribution >= 4 is 44.6 Å². The molecule has 0 saturated heterocycles. The predicted octanol–water partition coefficient (Wildman–Crippen LogP) is 3.74. The number of halogens is 1. The van der Waals surface area contributed by atoms with Crippen molar-refractivity contribution in [2.24, 2.45) is 0 Å². The van der Waals surface area contributed by atoms with E-state index in [-0.39, 0.29) is 22.5 Å². The number of nitrogens with zero attached hydrogens (tertiary/aromatic N) is 1. The normalized spacial score (nSPS) is 18.8. The number of aromatic amines is 1. The molecule has 0 fully saturated rings. The van der Waals surface area contributed by atoms with Crippen LogP contribution in [0.3, 0.4) is 0 Å². The molecule has 2 aromatic carbocycles. The second kappa shape index (κ2) is 8.42. The van der Waals surface area contributed by atoms with Crippen molar-refractivity contribution < 1.29 is 29.0 Å². The third-order valence-corrected chi connectivity index (χ3v) is 7.04. The number of hydrogen-bond acceptors (Lipinski definition) is 7. The molecule has 0 spiro atoms. The summed E-state index contributed by atoms with van der Waals surface area (Å²) in [7, 11) is 2.47. The van der Waals surface area contributed by atoms with Crippen molar-refractivity contribution in [3.63, 3.8) is 0 Å². The molecule has 0 aliphatic carbocycles. The highest BCUT2D eigenvalue weighted by Gasteiger charge is 2.58. The van der Waals surface area contributed by atoms with Crippen LogP contribution in [-0.4, -0.2) is 53.5 Å². The lowest BCUT2D eigenvalue weighted by Gasteiger charge is -2.46. The molecule has 8 nitrogen and oxygen atoms in total. The fraction of sp³-hybridized carbons (Fsp3) is 0.192. The number of para-hydroxylation sites is 1. The molecule has 178 valence electrons. The number of Topliss-reactive ketones (excluding diaryl/α,β-unsaturated/α-hetero) is 1. The van der Waals surface area contributed by atoms with E-state index < -0.39 is 23.3 Å². The van der Waals surface area contributed by atoms with E-state index in [2.05, 4.69) is 20.9 Å². The molecule has 3 heterocycles.